The van der Waals surface area contributed by atoms with Crippen molar-refractivity contribution < 1.29 is 13.9 Å². The lowest BCUT2D eigenvalue weighted by molar-refractivity contribution is -0.137. The van der Waals surface area contributed by atoms with E-state index < -0.39 is 0 Å². The van der Waals surface area contributed by atoms with Crippen molar-refractivity contribution in [3.8, 4) is 0 Å². The molecule has 0 saturated carbocycles. The van der Waals surface area contributed by atoms with E-state index >= 15 is 0 Å². The van der Waals surface area contributed by atoms with E-state index in [4.69, 9.17) is 9.15 Å². The third-order valence-electron chi connectivity index (χ3n) is 5.04. The summed E-state index contributed by atoms with van der Waals surface area (Å²) in [5.74, 6) is 1.85. The summed E-state index contributed by atoms with van der Waals surface area (Å²) in [6.07, 6.45) is 0.904. The Morgan fingerprint density at radius 2 is 2.07 bits per heavy atom. The van der Waals surface area contributed by atoms with E-state index in [2.05, 4.69) is 41.0 Å². The molecule has 0 unspecified atom stereocenters. The highest BCUT2D eigenvalue weighted by atomic mass is 32.1. The highest BCUT2D eigenvalue weighted by Crippen LogP contribution is 2.38. The Morgan fingerprint density at radius 1 is 1.25 bits per heavy atom. The zero-order valence-electron chi connectivity index (χ0n) is 16.1. The van der Waals surface area contributed by atoms with Crippen LogP contribution in [0.5, 0.6) is 0 Å². The number of fused-ring (bicyclic) bond motifs is 1. The molecule has 1 atom stereocenters. The number of ether oxygens (including phenoxy) is 1. The van der Waals surface area contributed by atoms with Crippen LogP contribution in [0.3, 0.4) is 0 Å². The fourth-order valence-corrected chi connectivity index (χ4v) is 4.61. The molecule has 1 aliphatic heterocycles. The second-order valence-electron chi connectivity index (χ2n) is 6.96. The average Bonchev–Trinajstić information content (AvgIpc) is 3.35. The lowest BCUT2D eigenvalue weighted by Gasteiger charge is -2.36. The first-order valence-electron chi connectivity index (χ1n) is 9.39. The van der Waals surface area contributed by atoms with Crippen LogP contribution in [0.15, 0.2) is 52.3 Å². The number of thiophene rings is 1. The summed E-state index contributed by atoms with van der Waals surface area (Å²) in [5.41, 5.74) is 3.37. The monoisotopic (exact) mass is 396 g/mol. The molecular formula is C22H24N2O3S. The van der Waals surface area contributed by atoms with Gasteiger partial charge in [-0.15, -0.1) is 11.3 Å². The summed E-state index contributed by atoms with van der Waals surface area (Å²) in [6, 6.07) is 14.3. The third-order valence-corrected chi connectivity index (χ3v) is 6.04. The molecule has 1 aromatic carbocycles. The second-order valence-corrected chi connectivity index (χ2v) is 7.96. The van der Waals surface area contributed by atoms with Crippen molar-refractivity contribution in [2.75, 3.05) is 25.6 Å². The van der Waals surface area contributed by atoms with Crippen molar-refractivity contribution in [1.82, 2.24) is 4.90 Å². The van der Waals surface area contributed by atoms with Gasteiger partial charge in [-0.05, 0) is 60.2 Å². The first-order valence-corrected chi connectivity index (χ1v) is 10.3. The smallest absolute Gasteiger partial charge is 0.249 e. The summed E-state index contributed by atoms with van der Waals surface area (Å²) in [5, 5.41) is 5.49. The molecule has 4 rings (SSSR count). The van der Waals surface area contributed by atoms with Crippen molar-refractivity contribution in [2.45, 2.75) is 25.9 Å². The molecule has 1 aliphatic rings. The largest absolute Gasteiger partial charge is 0.465 e. The van der Waals surface area contributed by atoms with Crippen molar-refractivity contribution in [2.24, 2.45) is 0 Å². The van der Waals surface area contributed by atoms with Gasteiger partial charge in [-0.1, -0.05) is 12.1 Å². The maximum absolute atomic E-state index is 12.6. The van der Waals surface area contributed by atoms with Crippen LogP contribution in [0.25, 0.3) is 0 Å². The van der Waals surface area contributed by atoms with E-state index in [0.29, 0.717) is 6.54 Å². The van der Waals surface area contributed by atoms with Crippen LogP contribution in [-0.4, -0.2) is 31.1 Å². The number of furan rings is 1. The number of nitrogens with zero attached hydrogens (tertiary/aromatic N) is 1. The highest BCUT2D eigenvalue weighted by molar-refractivity contribution is 7.10. The van der Waals surface area contributed by atoms with Gasteiger partial charge >= 0.3 is 0 Å². The van der Waals surface area contributed by atoms with Crippen LogP contribution < -0.4 is 5.32 Å². The summed E-state index contributed by atoms with van der Waals surface area (Å²) in [7, 11) is 1.56. The third kappa shape index (κ3) is 3.84. The number of aryl methyl sites for hydroxylation is 1. The van der Waals surface area contributed by atoms with Gasteiger partial charge in [-0.25, -0.2) is 0 Å². The number of amides is 1. The van der Waals surface area contributed by atoms with E-state index in [0.717, 1.165) is 35.7 Å². The zero-order chi connectivity index (χ0) is 19.5. The second kappa shape index (κ2) is 8.20. The number of rotatable bonds is 6. The van der Waals surface area contributed by atoms with Crippen LogP contribution in [0, 0.1) is 6.92 Å². The van der Waals surface area contributed by atoms with Gasteiger partial charge in [0.2, 0.25) is 5.91 Å². The van der Waals surface area contributed by atoms with Gasteiger partial charge in [0.1, 0.15) is 18.1 Å². The van der Waals surface area contributed by atoms with E-state index in [1.54, 1.807) is 18.4 Å². The normalized spacial score (nSPS) is 16.1. The van der Waals surface area contributed by atoms with Gasteiger partial charge in [0.05, 0.1) is 12.6 Å². The summed E-state index contributed by atoms with van der Waals surface area (Å²) < 4.78 is 10.7. The molecule has 0 fully saturated rings. The Kier molecular flexibility index (Phi) is 5.50. The molecule has 0 saturated heterocycles. The fourth-order valence-electron chi connectivity index (χ4n) is 3.70. The Bertz CT molecular complexity index is 945. The van der Waals surface area contributed by atoms with Crippen LogP contribution >= 0.6 is 11.3 Å². The SMILES string of the molecule is COCC(=O)N1CCc2sccc2[C@@H]1c1ccc(NCc2ccc(C)o2)cc1. The number of anilines is 1. The van der Waals surface area contributed by atoms with Gasteiger partial charge in [0.15, 0.2) is 0 Å². The quantitative estimate of drug-likeness (QED) is 0.672. The molecule has 3 aromatic rings. The van der Waals surface area contributed by atoms with Crippen molar-refractivity contribution >= 4 is 22.9 Å². The number of hydrogen-bond donors (Lipinski definition) is 1. The van der Waals surface area contributed by atoms with Crippen molar-refractivity contribution in [1.29, 1.82) is 0 Å². The number of carbonyl (C=O) groups is 1. The zero-order valence-corrected chi connectivity index (χ0v) is 16.9. The Balaban J connectivity index is 1.54. The Hall–Kier alpha value is -2.57. The Morgan fingerprint density at radius 3 is 2.79 bits per heavy atom. The average molecular weight is 397 g/mol. The van der Waals surface area contributed by atoms with Crippen LogP contribution in [0.2, 0.25) is 0 Å². The molecule has 3 heterocycles. The molecule has 0 bridgehead atoms. The number of benzene rings is 1. The maximum Gasteiger partial charge on any atom is 0.249 e. The minimum Gasteiger partial charge on any atom is -0.465 e. The molecule has 0 aliphatic carbocycles. The molecule has 28 heavy (non-hydrogen) atoms. The van der Waals surface area contributed by atoms with Crippen molar-refractivity contribution in [3.05, 3.63) is 75.4 Å². The molecule has 5 nitrogen and oxygen atoms in total. The minimum atomic E-state index is -0.0561. The predicted octanol–water partition coefficient (Wildman–Crippen LogP) is 4.38. The molecule has 0 radical (unpaired) electrons. The van der Waals surface area contributed by atoms with Gasteiger partial charge in [0, 0.05) is 24.2 Å². The molecule has 0 spiro atoms. The number of methoxy groups -OCH3 is 1. The van der Waals surface area contributed by atoms with Gasteiger partial charge < -0.3 is 19.4 Å². The molecular weight excluding hydrogens is 372 g/mol. The molecule has 1 N–H and O–H groups in total. The maximum atomic E-state index is 12.6. The van der Waals surface area contributed by atoms with Crippen LogP contribution in [0.1, 0.15) is 33.6 Å². The molecule has 6 heteroatoms. The summed E-state index contributed by atoms with van der Waals surface area (Å²) in [4.78, 5) is 15.9. The van der Waals surface area contributed by atoms with E-state index in [1.165, 1.54) is 10.4 Å². The lowest BCUT2D eigenvalue weighted by atomic mass is 9.93. The topological polar surface area (TPSA) is 54.7 Å². The molecule has 146 valence electrons. The van der Waals surface area contributed by atoms with Gasteiger partial charge in [-0.2, -0.15) is 0 Å². The lowest BCUT2D eigenvalue weighted by Crippen LogP contribution is -2.41. The first-order chi connectivity index (χ1) is 13.7. The van der Waals surface area contributed by atoms with Gasteiger partial charge in [-0.3, -0.25) is 4.79 Å². The highest BCUT2D eigenvalue weighted by Gasteiger charge is 2.32. The standard InChI is InChI=1S/C22H24N2O3S/c1-15-3-8-18(27-15)13-23-17-6-4-16(5-7-17)22-19-10-12-28-20(19)9-11-24(22)21(25)14-26-2/h3-8,10,12,22-23H,9,11,13-14H2,1-2H3/t22-/m0/s1. The van der Waals surface area contributed by atoms with E-state index in [-0.39, 0.29) is 18.6 Å². The van der Waals surface area contributed by atoms with Gasteiger partial charge in [0.25, 0.3) is 0 Å². The summed E-state index contributed by atoms with van der Waals surface area (Å²) in [6.45, 7) is 3.41. The number of hydrogen-bond acceptors (Lipinski definition) is 5. The summed E-state index contributed by atoms with van der Waals surface area (Å²) >= 11 is 1.77. The van der Waals surface area contributed by atoms with E-state index in [9.17, 15) is 4.79 Å². The van der Waals surface area contributed by atoms with Crippen LogP contribution in [-0.2, 0) is 22.5 Å². The Labute approximate surface area is 168 Å². The van der Waals surface area contributed by atoms with E-state index in [1.807, 2.05) is 24.0 Å². The molecule has 1 amide bonds. The molecule has 2 aromatic heterocycles. The fraction of sp³-hybridized carbons (Fsp3) is 0.318. The van der Waals surface area contributed by atoms with Crippen LogP contribution in [0.4, 0.5) is 5.69 Å². The van der Waals surface area contributed by atoms with Crippen molar-refractivity contribution in [3.63, 3.8) is 0 Å². The predicted molar refractivity (Wildman–Crippen MR) is 111 cm³/mol. The number of nitrogens with one attached hydrogen (secondary N) is 1. The first kappa shape index (κ1) is 18.8. The minimum absolute atomic E-state index is 0.0275. The number of carbonyl (C=O) groups excluding carboxylic acids is 1.